The average Bonchev–Trinajstić information content (AvgIpc) is 3.01. The first-order chi connectivity index (χ1) is 11.7. The maximum atomic E-state index is 11.9. The summed E-state index contributed by atoms with van der Waals surface area (Å²) in [5.41, 5.74) is 1.29. The summed E-state index contributed by atoms with van der Waals surface area (Å²) in [5, 5.41) is 9.33. The van der Waals surface area contributed by atoms with E-state index in [2.05, 4.69) is 54.6 Å². The number of para-hydroxylation sites is 1. The van der Waals surface area contributed by atoms with Gasteiger partial charge in [0.1, 0.15) is 5.82 Å². The summed E-state index contributed by atoms with van der Waals surface area (Å²) >= 11 is 0. The summed E-state index contributed by atoms with van der Waals surface area (Å²) in [6.45, 7) is 6.90. The molecule has 0 bridgehead atoms. The molecule has 1 aliphatic heterocycles. The number of aromatic amines is 1. The second kappa shape index (κ2) is 7.92. The second-order valence-corrected chi connectivity index (χ2v) is 6.06. The zero-order chi connectivity index (χ0) is 16.8. The van der Waals surface area contributed by atoms with Crippen LogP contribution in [-0.4, -0.2) is 58.7 Å². The SMILES string of the molecule is Cc1nc(NC(=O)CCCN2CCN(c3ccccc3)CC2)n[nH]1. The van der Waals surface area contributed by atoms with Crippen LogP contribution >= 0.6 is 0 Å². The lowest BCUT2D eigenvalue weighted by Gasteiger charge is -2.36. The van der Waals surface area contributed by atoms with Gasteiger partial charge in [0.15, 0.2) is 0 Å². The molecule has 7 heteroatoms. The van der Waals surface area contributed by atoms with Crippen molar-refractivity contribution in [3.8, 4) is 0 Å². The number of carbonyl (C=O) groups excluding carboxylic acids is 1. The molecule has 1 fully saturated rings. The Morgan fingerprint density at radius 3 is 2.62 bits per heavy atom. The van der Waals surface area contributed by atoms with E-state index in [9.17, 15) is 4.79 Å². The van der Waals surface area contributed by atoms with Crippen molar-refractivity contribution in [3.05, 3.63) is 36.2 Å². The average molecular weight is 328 g/mol. The Morgan fingerprint density at radius 2 is 1.96 bits per heavy atom. The highest BCUT2D eigenvalue weighted by Gasteiger charge is 2.17. The monoisotopic (exact) mass is 328 g/mol. The van der Waals surface area contributed by atoms with E-state index in [1.54, 1.807) is 6.92 Å². The molecule has 7 nitrogen and oxygen atoms in total. The predicted molar refractivity (Wildman–Crippen MR) is 94.1 cm³/mol. The van der Waals surface area contributed by atoms with Gasteiger partial charge in [0.2, 0.25) is 11.9 Å². The lowest BCUT2D eigenvalue weighted by molar-refractivity contribution is -0.116. The number of H-pyrrole nitrogens is 1. The molecule has 0 unspecified atom stereocenters. The largest absolute Gasteiger partial charge is 0.369 e. The summed E-state index contributed by atoms with van der Waals surface area (Å²) in [5.74, 6) is 1.02. The van der Waals surface area contributed by atoms with Gasteiger partial charge in [-0.2, -0.15) is 4.98 Å². The molecule has 1 saturated heterocycles. The van der Waals surface area contributed by atoms with E-state index < -0.39 is 0 Å². The van der Waals surface area contributed by atoms with Gasteiger partial charge in [0.25, 0.3) is 0 Å². The normalized spacial score (nSPS) is 15.5. The van der Waals surface area contributed by atoms with Gasteiger partial charge in [-0.3, -0.25) is 20.1 Å². The van der Waals surface area contributed by atoms with Crippen molar-refractivity contribution < 1.29 is 4.79 Å². The molecule has 24 heavy (non-hydrogen) atoms. The number of aryl methyl sites for hydroxylation is 1. The van der Waals surface area contributed by atoms with Gasteiger partial charge in [-0.1, -0.05) is 18.2 Å². The minimum Gasteiger partial charge on any atom is -0.369 e. The zero-order valence-corrected chi connectivity index (χ0v) is 14.0. The molecular weight excluding hydrogens is 304 g/mol. The molecule has 1 aromatic heterocycles. The molecule has 1 amide bonds. The molecular formula is C17H24N6O. The Morgan fingerprint density at radius 1 is 1.21 bits per heavy atom. The van der Waals surface area contributed by atoms with E-state index in [0.29, 0.717) is 18.2 Å². The molecule has 1 aromatic carbocycles. The van der Waals surface area contributed by atoms with Crippen LogP contribution in [0.1, 0.15) is 18.7 Å². The molecule has 2 aromatic rings. The molecule has 3 rings (SSSR count). The Kier molecular flexibility index (Phi) is 5.43. The predicted octanol–water partition coefficient (Wildman–Crippen LogP) is 1.65. The molecule has 2 N–H and O–H groups in total. The summed E-state index contributed by atoms with van der Waals surface area (Å²) in [6, 6.07) is 10.5. The van der Waals surface area contributed by atoms with Gasteiger partial charge >= 0.3 is 0 Å². The second-order valence-electron chi connectivity index (χ2n) is 6.06. The number of benzene rings is 1. The number of nitrogens with one attached hydrogen (secondary N) is 2. The van der Waals surface area contributed by atoms with Gasteiger partial charge in [0.05, 0.1) is 0 Å². The summed E-state index contributed by atoms with van der Waals surface area (Å²) in [7, 11) is 0. The Bertz CT molecular complexity index is 648. The third kappa shape index (κ3) is 4.55. The fraction of sp³-hybridized carbons (Fsp3) is 0.471. The number of carbonyl (C=O) groups is 1. The first-order valence-corrected chi connectivity index (χ1v) is 8.42. The van der Waals surface area contributed by atoms with Crippen molar-refractivity contribution in [1.29, 1.82) is 0 Å². The topological polar surface area (TPSA) is 77.2 Å². The van der Waals surface area contributed by atoms with Crippen molar-refractivity contribution in [2.75, 3.05) is 42.9 Å². The van der Waals surface area contributed by atoms with Crippen LogP contribution in [-0.2, 0) is 4.79 Å². The Balaban J connectivity index is 1.34. The molecule has 0 spiro atoms. The van der Waals surface area contributed by atoms with Crippen LogP contribution < -0.4 is 10.2 Å². The number of anilines is 2. The molecule has 2 heterocycles. The Labute approximate surface area is 142 Å². The van der Waals surface area contributed by atoms with Crippen LogP contribution in [0.5, 0.6) is 0 Å². The van der Waals surface area contributed by atoms with E-state index in [4.69, 9.17) is 0 Å². The highest BCUT2D eigenvalue weighted by atomic mass is 16.1. The summed E-state index contributed by atoms with van der Waals surface area (Å²) in [6.07, 6.45) is 1.34. The lowest BCUT2D eigenvalue weighted by atomic mass is 10.2. The smallest absolute Gasteiger partial charge is 0.248 e. The van der Waals surface area contributed by atoms with Crippen molar-refractivity contribution >= 4 is 17.5 Å². The maximum absolute atomic E-state index is 11.9. The zero-order valence-electron chi connectivity index (χ0n) is 14.0. The van der Waals surface area contributed by atoms with Gasteiger partial charge < -0.3 is 4.90 Å². The molecule has 0 radical (unpaired) electrons. The fourth-order valence-electron chi connectivity index (χ4n) is 2.92. The van der Waals surface area contributed by atoms with Crippen LogP contribution in [0.15, 0.2) is 30.3 Å². The number of piperazine rings is 1. The molecule has 0 aliphatic carbocycles. The fourth-order valence-corrected chi connectivity index (χ4v) is 2.92. The van der Waals surface area contributed by atoms with Crippen LogP contribution in [0.3, 0.4) is 0 Å². The van der Waals surface area contributed by atoms with E-state index in [1.165, 1.54) is 5.69 Å². The molecule has 0 saturated carbocycles. The summed E-state index contributed by atoms with van der Waals surface area (Å²) in [4.78, 5) is 20.8. The number of nitrogens with zero attached hydrogens (tertiary/aromatic N) is 4. The quantitative estimate of drug-likeness (QED) is 0.843. The minimum absolute atomic E-state index is 0.0306. The first-order valence-electron chi connectivity index (χ1n) is 8.42. The van der Waals surface area contributed by atoms with Crippen LogP contribution in [0, 0.1) is 6.92 Å². The third-order valence-corrected chi connectivity index (χ3v) is 4.22. The van der Waals surface area contributed by atoms with Crippen LogP contribution in [0.2, 0.25) is 0 Å². The van der Waals surface area contributed by atoms with E-state index in [1.807, 2.05) is 6.07 Å². The molecule has 128 valence electrons. The van der Waals surface area contributed by atoms with Crippen molar-refractivity contribution in [1.82, 2.24) is 20.1 Å². The van der Waals surface area contributed by atoms with Crippen LogP contribution in [0.25, 0.3) is 0 Å². The number of amides is 1. The third-order valence-electron chi connectivity index (χ3n) is 4.22. The van der Waals surface area contributed by atoms with Crippen molar-refractivity contribution in [2.24, 2.45) is 0 Å². The number of hydrogen-bond acceptors (Lipinski definition) is 5. The Hall–Kier alpha value is -2.41. The van der Waals surface area contributed by atoms with Gasteiger partial charge in [-0.15, -0.1) is 5.10 Å². The maximum Gasteiger partial charge on any atom is 0.248 e. The molecule has 1 aliphatic rings. The van der Waals surface area contributed by atoms with Crippen LogP contribution in [0.4, 0.5) is 11.6 Å². The number of rotatable bonds is 6. The first kappa shape index (κ1) is 16.4. The lowest BCUT2D eigenvalue weighted by Crippen LogP contribution is -2.46. The minimum atomic E-state index is -0.0306. The van der Waals surface area contributed by atoms with E-state index in [-0.39, 0.29) is 5.91 Å². The standard InChI is InChI=1S/C17H24N6O/c1-14-18-17(21-20-14)19-16(24)8-5-9-22-10-12-23(13-11-22)15-6-3-2-4-7-15/h2-4,6-7H,5,8-13H2,1H3,(H2,18,19,20,21,24). The highest BCUT2D eigenvalue weighted by Crippen LogP contribution is 2.15. The van der Waals surface area contributed by atoms with E-state index in [0.717, 1.165) is 39.1 Å². The van der Waals surface area contributed by atoms with Crippen molar-refractivity contribution in [2.45, 2.75) is 19.8 Å². The number of aromatic nitrogens is 3. The van der Waals surface area contributed by atoms with Gasteiger partial charge in [-0.05, 0) is 32.0 Å². The highest BCUT2D eigenvalue weighted by molar-refractivity contribution is 5.88. The molecule has 0 atom stereocenters. The van der Waals surface area contributed by atoms with Crippen molar-refractivity contribution in [3.63, 3.8) is 0 Å². The number of hydrogen-bond donors (Lipinski definition) is 2. The van der Waals surface area contributed by atoms with E-state index >= 15 is 0 Å². The van der Waals surface area contributed by atoms with Gasteiger partial charge in [0, 0.05) is 38.3 Å². The summed E-state index contributed by atoms with van der Waals surface area (Å²) < 4.78 is 0. The van der Waals surface area contributed by atoms with Gasteiger partial charge in [-0.25, -0.2) is 0 Å².